The highest BCUT2D eigenvalue weighted by Gasteiger charge is 2.34. The van der Waals surface area contributed by atoms with E-state index in [0.29, 0.717) is 18.6 Å². The lowest BCUT2D eigenvalue weighted by Gasteiger charge is -2.42. The Kier molecular flexibility index (Phi) is 4.01. The fraction of sp³-hybridized carbons (Fsp3) is 0.450. The van der Waals surface area contributed by atoms with Gasteiger partial charge in [-0.3, -0.25) is 9.79 Å². The van der Waals surface area contributed by atoms with E-state index in [0.717, 1.165) is 38.0 Å². The number of anilines is 1. The van der Waals surface area contributed by atoms with Crippen LogP contribution >= 0.6 is 0 Å². The number of rotatable bonds is 2. The van der Waals surface area contributed by atoms with Crippen LogP contribution in [-0.4, -0.2) is 59.3 Å². The standard InChI is InChI=1S/C20H21FN4O4/c1-11-10-29-18-15-12(17(26)13(19(27)28)9-25(11)15)8-14(21)16(18)24-7-3-6-23-5-2-4-22-20(23)24/h8-9,11H,2-7,10H2,1H3,(H,27,28)/t11-/m0/s1. The van der Waals surface area contributed by atoms with Crippen LogP contribution in [0.15, 0.2) is 22.1 Å². The van der Waals surface area contributed by atoms with Crippen molar-refractivity contribution in [2.75, 3.05) is 37.7 Å². The number of fused-ring (bicyclic) bond motifs is 1. The van der Waals surface area contributed by atoms with Gasteiger partial charge in [-0.25, -0.2) is 9.18 Å². The number of ether oxygens (including phenoxy) is 1. The van der Waals surface area contributed by atoms with Crippen LogP contribution in [0.4, 0.5) is 10.1 Å². The maximum atomic E-state index is 15.4. The number of carboxylic acid groups (broad SMARTS) is 1. The zero-order chi connectivity index (χ0) is 20.3. The Morgan fingerprint density at radius 3 is 2.90 bits per heavy atom. The smallest absolute Gasteiger partial charge is 0.341 e. The van der Waals surface area contributed by atoms with E-state index in [1.807, 2.05) is 11.8 Å². The van der Waals surface area contributed by atoms with Crippen molar-refractivity contribution >= 4 is 28.5 Å². The fourth-order valence-electron chi connectivity index (χ4n) is 4.46. The third-order valence-corrected chi connectivity index (χ3v) is 5.82. The fourth-order valence-corrected chi connectivity index (χ4v) is 4.46. The van der Waals surface area contributed by atoms with Crippen molar-refractivity contribution in [2.45, 2.75) is 25.8 Å². The number of aliphatic imine (C=N–C) groups is 1. The molecule has 8 nitrogen and oxygen atoms in total. The molecule has 1 saturated heterocycles. The minimum Gasteiger partial charge on any atom is -0.487 e. The van der Waals surface area contributed by atoms with Crippen molar-refractivity contribution in [1.29, 1.82) is 0 Å². The predicted molar refractivity (Wildman–Crippen MR) is 106 cm³/mol. The van der Waals surface area contributed by atoms with Gasteiger partial charge in [0, 0.05) is 32.4 Å². The first-order chi connectivity index (χ1) is 14.0. The molecule has 0 bridgehead atoms. The van der Waals surface area contributed by atoms with Crippen molar-refractivity contribution in [3.05, 3.63) is 33.9 Å². The second kappa shape index (κ2) is 6.47. The summed E-state index contributed by atoms with van der Waals surface area (Å²) in [6.07, 6.45) is 3.17. The van der Waals surface area contributed by atoms with Gasteiger partial charge < -0.3 is 24.2 Å². The first kappa shape index (κ1) is 18.0. The summed E-state index contributed by atoms with van der Waals surface area (Å²) in [4.78, 5) is 32.9. The molecule has 1 fully saturated rings. The molecular weight excluding hydrogens is 379 g/mol. The quantitative estimate of drug-likeness (QED) is 0.831. The van der Waals surface area contributed by atoms with Gasteiger partial charge in [0.05, 0.1) is 16.9 Å². The Morgan fingerprint density at radius 1 is 1.31 bits per heavy atom. The number of carbonyl (C=O) groups is 1. The van der Waals surface area contributed by atoms with Crippen LogP contribution in [0.25, 0.3) is 10.9 Å². The van der Waals surface area contributed by atoms with Crippen LogP contribution in [-0.2, 0) is 0 Å². The molecule has 5 rings (SSSR count). The van der Waals surface area contributed by atoms with E-state index in [4.69, 9.17) is 4.74 Å². The number of carboxylic acids is 1. The lowest BCUT2D eigenvalue weighted by molar-refractivity contribution is 0.0694. The van der Waals surface area contributed by atoms with Gasteiger partial charge in [0.1, 0.15) is 17.9 Å². The molecule has 1 aromatic heterocycles. The lowest BCUT2D eigenvalue weighted by Crippen LogP contribution is -2.53. The lowest BCUT2D eigenvalue weighted by atomic mass is 10.0. The third kappa shape index (κ3) is 2.60. The number of hydrogen-bond acceptors (Lipinski definition) is 6. The topological polar surface area (TPSA) is 87.4 Å². The summed E-state index contributed by atoms with van der Waals surface area (Å²) < 4.78 is 23.0. The molecule has 0 unspecified atom stereocenters. The Morgan fingerprint density at radius 2 is 2.10 bits per heavy atom. The molecule has 3 aliphatic heterocycles. The summed E-state index contributed by atoms with van der Waals surface area (Å²) in [5, 5.41) is 9.43. The number of aromatic nitrogens is 1. The van der Waals surface area contributed by atoms with Gasteiger partial charge in [0.25, 0.3) is 0 Å². The number of aromatic carboxylic acids is 1. The van der Waals surface area contributed by atoms with Gasteiger partial charge in [-0.2, -0.15) is 0 Å². The van der Waals surface area contributed by atoms with Gasteiger partial charge in [-0.15, -0.1) is 0 Å². The largest absolute Gasteiger partial charge is 0.487 e. The van der Waals surface area contributed by atoms with Crippen molar-refractivity contribution in [1.82, 2.24) is 9.47 Å². The number of nitrogens with zero attached hydrogens (tertiary/aromatic N) is 4. The number of pyridine rings is 1. The maximum Gasteiger partial charge on any atom is 0.341 e. The van der Waals surface area contributed by atoms with Gasteiger partial charge in [-0.1, -0.05) is 0 Å². The molecule has 2 aromatic rings. The number of benzene rings is 1. The van der Waals surface area contributed by atoms with Gasteiger partial charge in [-0.05, 0) is 25.8 Å². The first-order valence-electron chi connectivity index (χ1n) is 9.81. The van der Waals surface area contributed by atoms with Crippen molar-refractivity contribution in [2.24, 2.45) is 4.99 Å². The summed E-state index contributed by atoms with van der Waals surface area (Å²) >= 11 is 0. The van der Waals surface area contributed by atoms with Gasteiger partial charge in [0.15, 0.2) is 11.6 Å². The minimum atomic E-state index is -1.33. The highest BCUT2D eigenvalue weighted by molar-refractivity contribution is 6.03. The third-order valence-electron chi connectivity index (χ3n) is 5.82. The second-order valence-electron chi connectivity index (χ2n) is 7.70. The van der Waals surface area contributed by atoms with E-state index >= 15 is 4.39 Å². The van der Waals surface area contributed by atoms with Gasteiger partial charge in [0.2, 0.25) is 11.4 Å². The molecule has 1 N–H and O–H groups in total. The van der Waals surface area contributed by atoms with Crippen LogP contribution in [0.2, 0.25) is 0 Å². The molecule has 3 aliphatic rings. The minimum absolute atomic E-state index is 0.0205. The summed E-state index contributed by atoms with van der Waals surface area (Å²) in [7, 11) is 0. The maximum absolute atomic E-state index is 15.4. The number of halogens is 1. The van der Waals surface area contributed by atoms with Crippen LogP contribution < -0.4 is 15.1 Å². The van der Waals surface area contributed by atoms with E-state index in [9.17, 15) is 14.7 Å². The molecule has 9 heteroatoms. The van der Waals surface area contributed by atoms with Crippen LogP contribution in [0.1, 0.15) is 36.2 Å². The van der Waals surface area contributed by atoms with Crippen LogP contribution in [0.3, 0.4) is 0 Å². The Hall–Kier alpha value is -3.10. The van der Waals surface area contributed by atoms with E-state index < -0.39 is 17.2 Å². The van der Waals surface area contributed by atoms with Crippen LogP contribution in [0, 0.1) is 5.82 Å². The Balaban J connectivity index is 1.80. The molecule has 152 valence electrons. The number of hydrogen-bond donors (Lipinski definition) is 1. The summed E-state index contributed by atoms with van der Waals surface area (Å²) in [6.45, 7) is 5.17. The van der Waals surface area contributed by atoms with E-state index in [1.165, 1.54) is 6.20 Å². The summed E-state index contributed by atoms with van der Waals surface area (Å²) in [6, 6.07) is 0.954. The molecule has 29 heavy (non-hydrogen) atoms. The van der Waals surface area contributed by atoms with Crippen molar-refractivity contribution in [3.8, 4) is 5.75 Å². The number of guanidine groups is 1. The zero-order valence-corrected chi connectivity index (χ0v) is 16.0. The van der Waals surface area contributed by atoms with E-state index in [1.54, 1.807) is 4.57 Å². The molecule has 1 atom stereocenters. The Bertz CT molecular complexity index is 1130. The van der Waals surface area contributed by atoms with Crippen LogP contribution in [0.5, 0.6) is 5.75 Å². The molecule has 0 radical (unpaired) electrons. The molecule has 0 aliphatic carbocycles. The SMILES string of the molecule is C[C@H]1COc2c(N3CCCN4CCCN=C43)c(F)cc3c(=O)c(C(=O)O)cn1c23. The van der Waals surface area contributed by atoms with E-state index in [2.05, 4.69) is 9.89 Å². The monoisotopic (exact) mass is 400 g/mol. The molecule has 0 spiro atoms. The second-order valence-corrected chi connectivity index (χ2v) is 7.70. The molecule has 0 amide bonds. The molecule has 0 saturated carbocycles. The normalized spacial score (nSPS) is 20.9. The summed E-state index contributed by atoms with van der Waals surface area (Å²) in [5.41, 5.74) is -0.372. The average molecular weight is 400 g/mol. The highest BCUT2D eigenvalue weighted by atomic mass is 19.1. The molecular formula is C20H21FN4O4. The van der Waals surface area contributed by atoms with E-state index in [-0.39, 0.29) is 35.0 Å². The first-order valence-corrected chi connectivity index (χ1v) is 9.81. The van der Waals surface area contributed by atoms with Gasteiger partial charge >= 0.3 is 5.97 Å². The Labute approximate surface area is 165 Å². The van der Waals surface area contributed by atoms with Crippen molar-refractivity contribution < 1.29 is 19.0 Å². The molecule has 4 heterocycles. The van der Waals surface area contributed by atoms with Crippen molar-refractivity contribution in [3.63, 3.8) is 0 Å². The summed E-state index contributed by atoms with van der Waals surface area (Å²) in [5.74, 6) is -0.922. The predicted octanol–water partition coefficient (Wildman–Crippen LogP) is 2.06. The molecule has 1 aromatic carbocycles. The zero-order valence-electron chi connectivity index (χ0n) is 16.0. The highest BCUT2D eigenvalue weighted by Crippen LogP contribution is 2.42. The average Bonchev–Trinajstić information content (AvgIpc) is 2.71.